The van der Waals surface area contributed by atoms with E-state index in [0.717, 1.165) is 18.9 Å². The minimum absolute atomic E-state index is 0.803. The van der Waals surface area contributed by atoms with Gasteiger partial charge in [0.1, 0.15) is 0 Å². The van der Waals surface area contributed by atoms with Crippen molar-refractivity contribution in [3.63, 3.8) is 0 Å². The van der Waals surface area contributed by atoms with Crippen molar-refractivity contribution in [1.29, 1.82) is 0 Å². The van der Waals surface area contributed by atoms with Crippen LogP contribution in [0.4, 0.5) is 5.69 Å². The van der Waals surface area contributed by atoms with Gasteiger partial charge >= 0.3 is 0 Å². The van der Waals surface area contributed by atoms with Crippen LogP contribution < -0.4 is 5.73 Å². The molecular weight excluding hydrogens is 271 g/mol. The fourth-order valence-electron chi connectivity index (χ4n) is 0.913. The second kappa shape index (κ2) is 2.60. The number of benzene rings is 1. The van der Waals surface area contributed by atoms with Gasteiger partial charge in [-0.05, 0) is 40.8 Å². The Kier molecular flexibility index (Phi) is 1.72. The second-order valence-corrected chi connectivity index (χ2v) is 4.98. The minimum Gasteiger partial charge on any atom is -0.399 e. The largest absolute Gasteiger partial charge is 0.399 e. The highest BCUT2D eigenvalue weighted by atomic mass is 127. The molecule has 0 radical (unpaired) electrons. The first-order valence-corrected chi connectivity index (χ1v) is 4.97. The maximum absolute atomic E-state index is 5.61. The van der Waals surface area contributed by atoms with E-state index in [1.807, 2.05) is 18.2 Å². The Hall–Kier alpha value is -0.360. The Morgan fingerprint density at radius 2 is 2.27 bits per heavy atom. The standard InChI is InChI=1S/C7H5IN2S/c8-7-10-5-2-1-4(9)3-6(5)11-7/h1-3H,9H2. The molecule has 0 aliphatic carbocycles. The normalized spacial score (nSPS) is 10.6. The number of aromatic nitrogens is 1. The van der Waals surface area contributed by atoms with E-state index in [-0.39, 0.29) is 0 Å². The molecule has 2 aromatic rings. The third kappa shape index (κ3) is 1.32. The number of nitrogens with zero attached hydrogens (tertiary/aromatic N) is 1. The van der Waals surface area contributed by atoms with Gasteiger partial charge in [-0.15, -0.1) is 11.3 Å². The molecule has 4 heteroatoms. The number of hydrogen-bond donors (Lipinski definition) is 1. The summed E-state index contributed by atoms with van der Waals surface area (Å²) in [7, 11) is 0. The fraction of sp³-hybridized carbons (Fsp3) is 0. The van der Waals surface area contributed by atoms with Crippen molar-refractivity contribution in [2.75, 3.05) is 5.73 Å². The van der Waals surface area contributed by atoms with Crippen LogP contribution in [0.25, 0.3) is 10.2 Å². The maximum Gasteiger partial charge on any atom is 0.155 e. The van der Waals surface area contributed by atoms with Gasteiger partial charge in [-0.3, -0.25) is 0 Å². The molecule has 0 aliphatic heterocycles. The number of thiazole rings is 1. The van der Waals surface area contributed by atoms with Crippen molar-refractivity contribution in [3.05, 3.63) is 21.2 Å². The van der Waals surface area contributed by atoms with Crippen molar-refractivity contribution < 1.29 is 0 Å². The summed E-state index contributed by atoms with van der Waals surface area (Å²) in [6.07, 6.45) is 0. The van der Waals surface area contributed by atoms with Crippen LogP contribution in [0.3, 0.4) is 0 Å². The topological polar surface area (TPSA) is 38.9 Å². The van der Waals surface area contributed by atoms with Crippen molar-refractivity contribution in [2.45, 2.75) is 0 Å². The van der Waals surface area contributed by atoms with Gasteiger partial charge in [0.15, 0.2) is 3.01 Å². The lowest BCUT2D eigenvalue weighted by Crippen LogP contribution is -1.81. The third-order valence-electron chi connectivity index (χ3n) is 1.39. The molecule has 1 aromatic carbocycles. The molecule has 56 valence electrons. The SMILES string of the molecule is Nc1ccc2nc(I)sc2c1. The van der Waals surface area contributed by atoms with Gasteiger partial charge in [-0.25, -0.2) is 4.98 Å². The average molecular weight is 276 g/mol. The molecule has 0 bridgehead atoms. The van der Waals surface area contributed by atoms with Crippen LogP contribution in [-0.4, -0.2) is 4.98 Å². The molecule has 0 saturated carbocycles. The summed E-state index contributed by atoms with van der Waals surface area (Å²) in [6, 6.07) is 5.77. The van der Waals surface area contributed by atoms with Crippen LogP contribution in [0.5, 0.6) is 0 Å². The van der Waals surface area contributed by atoms with E-state index in [0.29, 0.717) is 0 Å². The molecule has 0 aliphatic rings. The summed E-state index contributed by atoms with van der Waals surface area (Å²) >= 11 is 3.87. The van der Waals surface area contributed by atoms with Gasteiger partial charge in [0, 0.05) is 5.69 Å². The number of halogens is 1. The van der Waals surface area contributed by atoms with Crippen LogP contribution in [0.15, 0.2) is 18.2 Å². The summed E-state index contributed by atoms with van der Waals surface area (Å²) in [5.41, 5.74) is 7.45. The molecular formula is C7H5IN2S. The summed E-state index contributed by atoms with van der Waals surface area (Å²) in [4.78, 5) is 4.30. The lowest BCUT2D eigenvalue weighted by molar-refractivity contribution is 1.45. The number of anilines is 1. The summed E-state index contributed by atoms with van der Waals surface area (Å²) in [5, 5.41) is 0. The van der Waals surface area contributed by atoms with E-state index in [1.165, 1.54) is 0 Å². The van der Waals surface area contributed by atoms with Gasteiger partial charge in [0.2, 0.25) is 0 Å². The molecule has 0 unspecified atom stereocenters. The van der Waals surface area contributed by atoms with Gasteiger partial charge in [0.25, 0.3) is 0 Å². The molecule has 1 aromatic heterocycles. The van der Waals surface area contributed by atoms with E-state index >= 15 is 0 Å². The minimum atomic E-state index is 0.803. The van der Waals surface area contributed by atoms with Crippen LogP contribution in [0.1, 0.15) is 0 Å². The summed E-state index contributed by atoms with van der Waals surface area (Å²) in [5.74, 6) is 0. The van der Waals surface area contributed by atoms with E-state index in [9.17, 15) is 0 Å². The number of nitrogens with two attached hydrogens (primary N) is 1. The highest BCUT2D eigenvalue weighted by Crippen LogP contribution is 2.24. The predicted molar refractivity (Wildman–Crippen MR) is 56.7 cm³/mol. The van der Waals surface area contributed by atoms with E-state index in [4.69, 9.17) is 5.73 Å². The van der Waals surface area contributed by atoms with Crippen LogP contribution in [-0.2, 0) is 0 Å². The monoisotopic (exact) mass is 276 g/mol. The molecule has 2 N–H and O–H groups in total. The van der Waals surface area contributed by atoms with Crippen molar-refractivity contribution >= 4 is 49.8 Å². The van der Waals surface area contributed by atoms with Crippen molar-refractivity contribution in [3.8, 4) is 0 Å². The first-order valence-electron chi connectivity index (χ1n) is 3.07. The average Bonchev–Trinajstić information content (AvgIpc) is 2.27. The number of fused-ring (bicyclic) bond motifs is 1. The first kappa shape index (κ1) is 7.30. The summed E-state index contributed by atoms with van der Waals surface area (Å²) < 4.78 is 2.22. The fourth-order valence-corrected chi connectivity index (χ4v) is 2.62. The van der Waals surface area contributed by atoms with Gasteiger partial charge in [-0.1, -0.05) is 0 Å². The lowest BCUT2D eigenvalue weighted by Gasteiger charge is -1.88. The Morgan fingerprint density at radius 1 is 1.45 bits per heavy atom. The number of hydrogen-bond acceptors (Lipinski definition) is 3. The van der Waals surface area contributed by atoms with E-state index in [2.05, 4.69) is 27.6 Å². The molecule has 11 heavy (non-hydrogen) atoms. The highest BCUT2D eigenvalue weighted by molar-refractivity contribution is 14.1. The third-order valence-corrected chi connectivity index (χ3v) is 3.09. The molecule has 0 fully saturated rings. The zero-order chi connectivity index (χ0) is 7.84. The molecule has 0 amide bonds. The predicted octanol–water partition coefficient (Wildman–Crippen LogP) is 2.48. The van der Waals surface area contributed by atoms with Gasteiger partial charge in [-0.2, -0.15) is 0 Å². The van der Waals surface area contributed by atoms with E-state index < -0.39 is 0 Å². The van der Waals surface area contributed by atoms with Crippen molar-refractivity contribution in [2.24, 2.45) is 0 Å². The smallest absolute Gasteiger partial charge is 0.155 e. The summed E-state index contributed by atoms with van der Waals surface area (Å²) in [6.45, 7) is 0. The molecule has 1 heterocycles. The first-order chi connectivity index (χ1) is 5.25. The maximum atomic E-state index is 5.61. The van der Waals surface area contributed by atoms with Crippen LogP contribution in [0.2, 0.25) is 0 Å². The lowest BCUT2D eigenvalue weighted by atomic mass is 10.3. The number of rotatable bonds is 0. The molecule has 0 saturated heterocycles. The second-order valence-electron chi connectivity index (χ2n) is 2.19. The van der Waals surface area contributed by atoms with Gasteiger partial charge in [0.05, 0.1) is 10.2 Å². The molecule has 2 nitrogen and oxygen atoms in total. The molecule has 2 rings (SSSR count). The number of nitrogen functional groups attached to an aromatic ring is 1. The van der Waals surface area contributed by atoms with Gasteiger partial charge < -0.3 is 5.73 Å². The molecule has 0 spiro atoms. The molecule has 0 atom stereocenters. The Morgan fingerprint density at radius 3 is 3.09 bits per heavy atom. The zero-order valence-corrected chi connectivity index (χ0v) is 8.52. The van der Waals surface area contributed by atoms with Crippen molar-refractivity contribution in [1.82, 2.24) is 4.98 Å². The van der Waals surface area contributed by atoms with E-state index in [1.54, 1.807) is 11.3 Å². The Balaban J connectivity index is 2.82. The Bertz CT molecular complexity index is 396. The highest BCUT2D eigenvalue weighted by Gasteiger charge is 1.99. The van der Waals surface area contributed by atoms with Crippen LogP contribution >= 0.6 is 33.9 Å². The zero-order valence-electron chi connectivity index (χ0n) is 5.54. The quantitative estimate of drug-likeness (QED) is 0.593. The van der Waals surface area contributed by atoms with Crippen LogP contribution in [0, 0.1) is 3.01 Å². The Labute approximate surface area is 81.6 Å².